The van der Waals surface area contributed by atoms with Crippen LogP contribution in [0, 0.1) is 0 Å². The molecule has 0 radical (unpaired) electrons. The molecule has 0 aromatic heterocycles. The van der Waals surface area contributed by atoms with Crippen LogP contribution in [0.15, 0.2) is 0 Å². The Morgan fingerprint density at radius 1 is 1.36 bits per heavy atom. The Hall–Kier alpha value is 0.540. The smallest absolute Gasteiger partial charge is 0.338 e. The molecular weight excluding hydrogens is 263 g/mol. The van der Waals surface area contributed by atoms with Gasteiger partial charge in [-0.25, -0.2) is 0 Å². The summed E-state index contributed by atoms with van der Waals surface area (Å²) in [6.45, 7) is 7.70. The van der Waals surface area contributed by atoms with Gasteiger partial charge in [0.15, 0.2) is 0 Å². The van der Waals surface area contributed by atoms with Crippen LogP contribution in [-0.2, 0) is 9.30 Å². The van der Waals surface area contributed by atoms with Crippen molar-refractivity contribution in [2.75, 3.05) is 25.5 Å². The van der Waals surface area contributed by atoms with E-state index in [1.54, 1.807) is 0 Å². The van der Waals surface area contributed by atoms with E-state index in [4.69, 9.17) is 4.74 Å². The van der Waals surface area contributed by atoms with E-state index in [0.717, 1.165) is 38.4 Å². The first-order valence-corrected chi connectivity index (χ1v) is 7.57. The molecule has 0 aromatic rings. The summed E-state index contributed by atoms with van der Waals surface area (Å²) in [4.78, 5) is 0. The lowest BCUT2D eigenvalue weighted by atomic mass is 10.2. The molecule has 0 aliphatic rings. The lowest BCUT2D eigenvalue weighted by Gasteiger charge is -2.11. The third kappa shape index (κ3) is 10.6. The Kier molecular flexibility index (Phi) is 8.08. The van der Waals surface area contributed by atoms with Crippen LogP contribution in [0.2, 0.25) is 0 Å². The van der Waals surface area contributed by atoms with Crippen molar-refractivity contribution in [3.8, 4) is 0 Å². The summed E-state index contributed by atoms with van der Waals surface area (Å²) in [6, 6.07) is 0. The van der Waals surface area contributed by atoms with Gasteiger partial charge in [0.25, 0.3) is 0 Å². The van der Waals surface area contributed by atoms with Gasteiger partial charge in [-0.05, 0) is 20.8 Å². The molecule has 0 rings (SSSR count). The molecule has 1 unspecified atom stereocenters. The van der Waals surface area contributed by atoms with E-state index in [1.807, 2.05) is 6.92 Å². The molecule has 0 aromatic carbocycles. The maximum atomic E-state index is 11.5. The minimum absolute atomic E-state index is 0.123. The molecular formula is C10H21BrO2P+. The van der Waals surface area contributed by atoms with Crippen LogP contribution < -0.4 is 0 Å². The minimum Gasteiger partial charge on any atom is -0.382 e. The number of ether oxygens (including phenoxy) is 1. The van der Waals surface area contributed by atoms with E-state index in [0.29, 0.717) is 0 Å². The van der Waals surface area contributed by atoms with Crippen molar-refractivity contribution in [3.05, 3.63) is 0 Å². The zero-order valence-corrected chi connectivity index (χ0v) is 11.9. The van der Waals surface area contributed by atoms with Crippen LogP contribution in [0.1, 0.15) is 33.6 Å². The van der Waals surface area contributed by atoms with Crippen molar-refractivity contribution in [1.29, 1.82) is 0 Å². The number of hydrogen-bond donors (Lipinski definition) is 0. The van der Waals surface area contributed by atoms with Gasteiger partial charge in [0.1, 0.15) is 12.3 Å². The first-order valence-electron chi connectivity index (χ1n) is 5.14. The summed E-state index contributed by atoms with van der Waals surface area (Å²) in [6.07, 6.45) is 3.51. The van der Waals surface area contributed by atoms with Crippen LogP contribution in [-0.4, -0.2) is 29.9 Å². The second-order valence-electron chi connectivity index (χ2n) is 3.95. The molecule has 0 N–H and O–H groups in total. The first-order chi connectivity index (χ1) is 6.45. The Morgan fingerprint density at radius 2 is 2.00 bits per heavy atom. The Bertz CT molecular complexity index is 166. The lowest BCUT2D eigenvalue weighted by molar-refractivity contribution is 0.149. The van der Waals surface area contributed by atoms with E-state index >= 15 is 0 Å². The van der Waals surface area contributed by atoms with Gasteiger partial charge < -0.3 is 4.74 Å². The van der Waals surface area contributed by atoms with Gasteiger partial charge in [0.2, 0.25) is 0 Å². The van der Waals surface area contributed by atoms with Crippen molar-refractivity contribution in [3.63, 3.8) is 0 Å². The summed E-state index contributed by atoms with van der Waals surface area (Å²) in [5, 5.41) is 0. The first kappa shape index (κ1) is 14.5. The molecule has 14 heavy (non-hydrogen) atoms. The average Bonchev–Trinajstić information content (AvgIpc) is 2.08. The van der Waals surface area contributed by atoms with Crippen LogP contribution in [0.3, 0.4) is 0 Å². The molecule has 84 valence electrons. The fourth-order valence-electron chi connectivity index (χ4n) is 0.990. The van der Waals surface area contributed by atoms with Crippen molar-refractivity contribution in [2.45, 2.75) is 37.9 Å². The minimum atomic E-state index is -1.02. The molecule has 1 atom stereocenters. The van der Waals surface area contributed by atoms with E-state index < -0.39 is 7.80 Å². The largest absolute Gasteiger partial charge is 0.382 e. The highest BCUT2D eigenvalue weighted by atomic mass is 79.9. The summed E-state index contributed by atoms with van der Waals surface area (Å²) >= 11 is 3.55. The van der Waals surface area contributed by atoms with Gasteiger partial charge in [0.05, 0.1) is 6.61 Å². The van der Waals surface area contributed by atoms with Crippen molar-refractivity contribution >= 4 is 23.7 Å². The van der Waals surface area contributed by atoms with E-state index in [1.165, 1.54) is 0 Å². The highest BCUT2D eigenvalue weighted by Gasteiger charge is 2.21. The van der Waals surface area contributed by atoms with Gasteiger partial charge in [-0.2, -0.15) is 0 Å². The van der Waals surface area contributed by atoms with Crippen LogP contribution in [0.5, 0.6) is 0 Å². The standard InChI is InChI=1S/C10H21BrO2P/c1-4-13-7-5-8-14(12)9-6-10(2,3)11/h4-9H2,1-3H3/q+1. The van der Waals surface area contributed by atoms with E-state index in [9.17, 15) is 4.57 Å². The quantitative estimate of drug-likeness (QED) is 0.385. The SMILES string of the molecule is CCOCCC[P+](=O)CCC(C)(C)Br. The molecule has 0 bridgehead atoms. The Balaban J connectivity index is 3.38. The maximum absolute atomic E-state index is 11.5. The number of alkyl halides is 1. The molecule has 4 heteroatoms. The van der Waals surface area contributed by atoms with Crippen LogP contribution >= 0.6 is 23.7 Å². The van der Waals surface area contributed by atoms with Crippen molar-refractivity contribution in [2.24, 2.45) is 0 Å². The van der Waals surface area contributed by atoms with Gasteiger partial charge >= 0.3 is 7.80 Å². The third-order valence-electron chi connectivity index (χ3n) is 1.86. The molecule has 0 fully saturated rings. The molecule has 0 amide bonds. The van der Waals surface area contributed by atoms with E-state index in [-0.39, 0.29) is 4.32 Å². The number of hydrogen-bond acceptors (Lipinski definition) is 2. The van der Waals surface area contributed by atoms with Gasteiger partial charge in [-0.1, -0.05) is 20.5 Å². The molecule has 2 nitrogen and oxygen atoms in total. The molecule has 0 spiro atoms. The molecule has 0 aliphatic heterocycles. The summed E-state index contributed by atoms with van der Waals surface area (Å²) in [7, 11) is -1.02. The van der Waals surface area contributed by atoms with Crippen LogP contribution in [0.4, 0.5) is 0 Å². The van der Waals surface area contributed by atoms with Gasteiger partial charge in [-0.15, -0.1) is 0 Å². The summed E-state index contributed by atoms with van der Waals surface area (Å²) in [5.74, 6) is 0. The van der Waals surface area contributed by atoms with Gasteiger partial charge in [0, 0.05) is 23.8 Å². The fraction of sp³-hybridized carbons (Fsp3) is 1.00. The highest BCUT2D eigenvalue weighted by molar-refractivity contribution is 9.10. The summed E-state index contributed by atoms with van der Waals surface area (Å²) < 4.78 is 16.8. The van der Waals surface area contributed by atoms with E-state index in [2.05, 4.69) is 29.8 Å². The predicted molar refractivity (Wildman–Crippen MR) is 66.1 cm³/mol. The summed E-state index contributed by atoms with van der Waals surface area (Å²) in [5.41, 5.74) is 0. The third-order valence-corrected chi connectivity index (χ3v) is 3.79. The zero-order valence-electron chi connectivity index (χ0n) is 9.38. The van der Waals surface area contributed by atoms with Crippen LogP contribution in [0.25, 0.3) is 0 Å². The zero-order chi connectivity index (χ0) is 11.0. The predicted octanol–water partition coefficient (Wildman–Crippen LogP) is 3.80. The van der Waals surface area contributed by atoms with Gasteiger partial charge in [-0.3, -0.25) is 0 Å². The monoisotopic (exact) mass is 283 g/mol. The molecule has 0 saturated heterocycles. The number of rotatable bonds is 8. The maximum Gasteiger partial charge on any atom is 0.338 e. The highest BCUT2D eigenvalue weighted by Crippen LogP contribution is 2.29. The molecule has 0 aliphatic carbocycles. The second kappa shape index (κ2) is 7.78. The normalized spacial score (nSPS) is 13.0. The molecule has 0 saturated carbocycles. The Labute approximate surface area is 96.7 Å². The topological polar surface area (TPSA) is 26.3 Å². The fourth-order valence-corrected chi connectivity index (χ4v) is 3.01. The molecule has 0 heterocycles. The average molecular weight is 284 g/mol. The second-order valence-corrected chi connectivity index (χ2v) is 7.95. The lowest BCUT2D eigenvalue weighted by Crippen LogP contribution is -2.10. The Morgan fingerprint density at radius 3 is 2.50 bits per heavy atom. The number of halogens is 1. The van der Waals surface area contributed by atoms with Crippen molar-refractivity contribution < 1.29 is 9.30 Å². The van der Waals surface area contributed by atoms with Crippen molar-refractivity contribution in [1.82, 2.24) is 0 Å².